The molecule has 1 aromatic rings. The number of carbonyl (C=O) groups excluding carboxylic acids is 1. The topological polar surface area (TPSA) is 83.1 Å². The smallest absolute Gasteiger partial charge is 0.379 e. The lowest BCUT2D eigenvalue weighted by Crippen LogP contribution is -2.12. The summed E-state index contributed by atoms with van der Waals surface area (Å²) < 4.78 is 0. The second kappa shape index (κ2) is 2.53. The Morgan fingerprint density at radius 1 is 1.64 bits per heavy atom. The number of Topliss-reactive ketones (excluding diaryl/α,β-unsaturated/α-hetero) is 1. The van der Waals surface area contributed by atoms with Crippen LogP contribution in [-0.4, -0.2) is 27.1 Å². The lowest BCUT2D eigenvalue weighted by Gasteiger charge is -1.84. The molecule has 0 aliphatic heterocycles. The predicted molar refractivity (Wildman–Crippen MR) is 35.3 cm³/mol. The van der Waals surface area contributed by atoms with Gasteiger partial charge in [-0.1, -0.05) is 0 Å². The molecule has 0 bridgehead atoms. The van der Waals surface area contributed by atoms with Crippen LogP contribution in [0.1, 0.15) is 16.2 Å². The van der Waals surface area contributed by atoms with E-state index in [0.29, 0.717) is 5.69 Å². The SMILES string of the molecule is Cc1cc(C(=O)C(=O)O)n[nH]1. The first-order valence-corrected chi connectivity index (χ1v) is 2.91. The molecule has 0 aliphatic carbocycles. The quantitative estimate of drug-likeness (QED) is 0.463. The molecule has 1 aromatic heterocycles. The number of aromatic nitrogens is 2. The molecule has 0 unspecified atom stereocenters. The number of nitrogens with one attached hydrogen (secondary N) is 1. The third kappa shape index (κ3) is 1.43. The van der Waals surface area contributed by atoms with E-state index in [1.165, 1.54) is 6.07 Å². The normalized spacial score (nSPS) is 9.55. The van der Waals surface area contributed by atoms with Crippen molar-refractivity contribution in [1.29, 1.82) is 0 Å². The monoisotopic (exact) mass is 154 g/mol. The molecule has 0 saturated heterocycles. The maximum Gasteiger partial charge on any atom is 0.379 e. The molecule has 1 rings (SSSR count). The fraction of sp³-hybridized carbons (Fsp3) is 0.167. The zero-order valence-electron chi connectivity index (χ0n) is 5.79. The van der Waals surface area contributed by atoms with Crippen LogP contribution in [-0.2, 0) is 4.79 Å². The van der Waals surface area contributed by atoms with Gasteiger partial charge >= 0.3 is 5.97 Å². The summed E-state index contributed by atoms with van der Waals surface area (Å²) in [6.45, 7) is 1.69. The number of carboxylic acid groups (broad SMARTS) is 1. The van der Waals surface area contributed by atoms with E-state index in [1.54, 1.807) is 6.92 Å². The van der Waals surface area contributed by atoms with E-state index in [-0.39, 0.29) is 5.69 Å². The van der Waals surface area contributed by atoms with Crippen molar-refractivity contribution in [3.05, 3.63) is 17.5 Å². The van der Waals surface area contributed by atoms with Crippen molar-refractivity contribution in [2.75, 3.05) is 0 Å². The van der Waals surface area contributed by atoms with Gasteiger partial charge < -0.3 is 5.11 Å². The first kappa shape index (κ1) is 7.46. The fourth-order valence-corrected chi connectivity index (χ4v) is 0.644. The van der Waals surface area contributed by atoms with E-state index in [4.69, 9.17) is 5.11 Å². The van der Waals surface area contributed by atoms with E-state index in [0.717, 1.165) is 0 Å². The molecule has 0 aliphatic rings. The molecule has 58 valence electrons. The summed E-state index contributed by atoms with van der Waals surface area (Å²) in [7, 11) is 0. The lowest BCUT2D eigenvalue weighted by molar-refractivity contribution is -0.131. The average Bonchev–Trinajstić information content (AvgIpc) is 2.34. The Hall–Kier alpha value is -1.65. The van der Waals surface area contributed by atoms with Crippen molar-refractivity contribution < 1.29 is 14.7 Å². The summed E-state index contributed by atoms with van der Waals surface area (Å²) in [5, 5.41) is 14.2. The highest BCUT2D eigenvalue weighted by atomic mass is 16.4. The van der Waals surface area contributed by atoms with E-state index in [9.17, 15) is 9.59 Å². The van der Waals surface area contributed by atoms with Crippen LogP contribution in [0.3, 0.4) is 0 Å². The summed E-state index contributed by atoms with van der Waals surface area (Å²) in [6, 6.07) is 1.39. The molecule has 0 aromatic carbocycles. The van der Waals surface area contributed by atoms with Gasteiger partial charge in [-0.25, -0.2) is 4.79 Å². The molecular formula is C6H6N2O3. The van der Waals surface area contributed by atoms with Crippen LogP contribution in [0, 0.1) is 6.92 Å². The van der Waals surface area contributed by atoms with Gasteiger partial charge in [0.05, 0.1) is 0 Å². The molecule has 11 heavy (non-hydrogen) atoms. The van der Waals surface area contributed by atoms with Crippen LogP contribution in [0.4, 0.5) is 0 Å². The first-order chi connectivity index (χ1) is 5.11. The maximum atomic E-state index is 10.7. The number of carboxylic acids is 1. The van der Waals surface area contributed by atoms with Crippen LogP contribution < -0.4 is 0 Å². The number of aromatic amines is 1. The first-order valence-electron chi connectivity index (χ1n) is 2.91. The number of carbonyl (C=O) groups is 2. The van der Waals surface area contributed by atoms with Crippen LogP contribution in [0.15, 0.2) is 6.07 Å². The number of aliphatic carboxylic acids is 1. The molecule has 0 atom stereocenters. The highest BCUT2D eigenvalue weighted by molar-refractivity contribution is 6.39. The average molecular weight is 154 g/mol. The third-order valence-corrected chi connectivity index (χ3v) is 1.13. The van der Waals surface area contributed by atoms with Crippen LogP contribution >= 0.6 is 0 Å². The minimum absolute atomic E-state index is 0.0602. The standard InChI is InChI=1S/C6H6N2O3/c1-3-2-4(8-7-3)5(9)6(10)11/h2H,1H3,(H,7,8)(H,10,11). The Bertz CT molecular complexity index is 303. The molecule has 2 N–H and O–H groups in total. The maximum absolute atomic E-state index is 10.7. The van der Waals surface area contributed by atoms with E-state index in [2.05, 4.69) is 10.2 Å². The highest BCUT2D eigenvalue weighted by Crippen LogP contribution is 1.98. The second-order valence-electron chi connectivity index (χ2n) is 2.07. The van der Waals surface area contributed by atoms with Gasteiger partial charge in [-0.3, -0.25) is 9.89 Å². The van der Waals surface area contributed by atoms with Crippen molar-refractivity contribution in [2.24, 2.45) is 0 Å². The molecule has 5 nitrogen and oxygen atoms in total. The third-order valence-electron chi connectivity index (χ3n) is 1.13. The highest BCUT2D eigenvalue weighted by Gasteiger charge is 2.16. The van der Waals surface area contributed by atoms with Gasteiger partial charge in [0, 0.05) is 5.69 Å². The van der Waals surface area contributed by atoms with Gasteiger partial charge in [0.1, 0.15) is 5.69 Å². The van der Waals surface area contributed by atoms with Crippen LogP contribution in [0.25, 0.3) is 0 Å². The number of aryl methyl sites for hydroxylation is 1. The van der Waals surface area contributed by atoms with Crippen LogP contribution in [0.5, 0.6) is 0 Å². The number of nitrogens with zero attached hydrogens (tertiary/aromatic N) is 1. The number of H-pyrrole nitrogens is 1. The van der Waals surface area contributed by atoms with Crippen LogP contribution in [0.2, 0.25) is 0 Å². The fourth-order valence-electron chi connectivity index (χ4n) is 0.644. The molecule has 0 fully saturated rings. The summed E-state index contributed by atoms with van der Waals surface area (Å²) >= 11 is 0. The lowest BCUT2D eigenvalue weighted by atomic mass is 10.3. The Morgan fingerprint density at radius 2 is 2.27 bits per heavy atom. The Labute approximate surface area is 62.0 Å². The van der Waals surface area contributed by atoms with Crippen molar-refractivity contribution in [2.45, 2.75) is 6.92 Å². The minimum Gasteiger partial charge on any atom is -0.475 e. The molecular weight excluding hydrogens is 148 g/mol. The van der Waals surface area contributed by atoms with Gasteiger partial charge in [0.15, 0.2) is 0 Å². The summed E-state index contributed by atoms with van der Waals surface area (Å²) in [5.41, 5.74) is 0.601. The Balaban J connectivity index is 2.94. The zero-order valence-corrected chi connectivity index (χ0v) is 5.79. The van der Waals surface area contributed by atoms with Crippen molar-refractivity contribution in [3.8, 4) is 0 Å². The van der Waals surface area contributed by atoms with E-state index >= 15 is 0 Å². The summed E-state index contributed by atoms with van der Waals surface area (Å²) in [5.74, 6) is -2.48. The van der Waals surface area contributed by atoms with Gasteiger partial charge in [0.25, 0.3) is 5.78 Å². The van der Waals surface area contributed by atoms with Crippen molar-refractivity contribution in [3.63, 3.8) is 0 Å². The molecule has 0 radical (unpaired) electrons. The number of hydrogen-bond acceptors (Lipinski definition) is 3. The molecule has 0 spiro atoms. The number of rotatable bonds is 2. The Kier molecular flexibility index (Phi) is 1.72. The largest absolute Gasteiger partial charge is 0.475 e. The van der Waals surface area contributed by atoms with Crippen molar-refractivity contribution >= 4 is 11.8 Å². The van der Waals surface area contributed by atoms with E-state index < -0.39 is 11.8 Å². The molecule has 5 heteroatoms. The van der Waals surface area contributed by atoms with Gasteiger partial charge in [0.2, 0.25) is 0 Å². The summed E-state index contributed by atoms with van der Waals surface area (Å²) in [4.78, 5) is 20.8. The Morgan fingerprint density at radius 3 is 2.64 bits per heavy atom. The van der Waals surface area contributed by atoms with Crippen molar-refractivity contribution in [1.82, 2.24) is 10.2 Å². The molecule has 0 saturated carbocycles. The van der Waals surface area contributed by atoms with E-state index in [1.807, 2.05) is 0 Å². The predicted octanol–water partition coefficient (Wildman–Crippen LogP) is -0.0146. The van der Waals surface area contributed by atoms with Gasteiger partial charge in [-0.15, -0.1) is 0 Å². The van der Waals surface area contributed by atoms with Gasteiger partial charge in [-0.05, 0) is 13.0 Å². The van der Waals surface area contributed by atoms with Gasteiger partial charge in [-0.2, -0.15) is 5.10 Å². The number of hydrogen-bond donors (Lipinski definition) is 2. The second-order valence-corrected chi connectivity index (χ2v) is 2.07. The molecule has 1 heterocycles. The minimum atomic E-state index is -1.49. The molecule has 0 amide bonds. The summed E-state index contributed by atoms with van der Waals surface area (Å²) in [6.07, 6.45) is 0. The zero-order chi connectivity index (χ0) is 8.43. The number of ketones is 1.